The lowest BCUT2D eigenvalue weighted by Crippen LogP contribution is -2.64. The summed E-state index contributed by atoms with van der Waals surface area (Å²) < 4.78 is 11.2. The van der Waals surface area contributed by atoms with E-state index in [2.05, 4.69) is 84.9 Å². The van der Waals surface area contributed by atoms with Gasteiger partial charge in [-0.15, -0.1) is 0 Å². The molecule has 2 aromatic carbocycles. The van der Waals surface area contributed by atoms with Gasteiger partial charge >= 0.3 is 11.9 Å². The van der Waals surface area contributed by atoms with E-state index in [-0.39, 0.29) is 39.5 Å². The molecule has 3 saturated carbocycles. The number of allylic oxidation sites excluding steroid dienone is 4. The third-order valence-corrected chi connectivity index (χ3v) is 15.8. The Kier molecular flexibility index (Phi) is 8.39. The summed E-state index contributed by atoms with van der Waals surface area (Å²) in [5, 5.41) is 0. The molecule has 0 radical (unpaired) electrons. The predicted octanol–water partition coefficient (Wildman–Crippen LogP) is 10.9. The van der Waals surface area contributed by atoms with Crippen molar-refractivity contribution in [2.24, 2.45) is 56.7 Å². The highest BCUT2D eigenvalue weighted by atomic mass is 16.5. The van der Waals surface area contributed by atoms with Crippen molar-refractivity contribution in [2.45, 2.75) is 106 Å². The summed E-state index contributed by atoms with van der Waals surface area (Å²) in [6.07, 6.45) is 13.8. The predicted molar refractivity (Wildman–Crippen MR) is 196 cm³/mol. The number of hydrogen-bond donors (Lipinski definition) is 0. The van der Waals surface area contributed by atoms with Gasteiger partial charge in [0.15, 0.2) is 0 Å². The summed E-state index contributed by atoms with van der Waals surface area (Å²) in [5.74, 6) is 2.15. The Morgan fingerprint density at radius 2 is 1.53 bits per heavy atom. The van der Waals surface area contributed by atoms with Crippen LogP contribution in [0.1, 0.15) is 121 Å². The fraction of sp³-hybridized carbons (Fsp3) is 0.600. The Labute approximate surface area is 295 Å². The van der Waals surface area contributed by atoms with Crippen LogP contribution in [-0.2, 0) is 20.9 Å². The molecule has 4 nitrogen and oxygen atoms in total. The van der Waals surface area contributed by atoms with E-state index in [1.54, 1.807) is 5.57 Å². The van der Waals surface area contributed by atoms with E-state index in [0.717, 1.165) is 44.1 Å². The Hall–Kier alpha value is -3.14. The molecule has 0 N–H and O–H groups in total. The van der Waals surface area contributed by atoms with E-state index in [1.165, 1.54) is 31.1 Å². The molecule has 0 bridgehead atoms. The number of benzene rings is 2. The number of carbonyl (C=O) groups excluding carboxylic acids is 2. The molecule has 0 heterocycles. The second-order valence-electron chi connectivity index (χ2n) is 18.0. The number of rotatable bonds is 5. The monoisotopic (exact) mass is 662 g/mol. The SMILES string of the molecule is COC(=O)c1ccc(C2=CC[C@]3(C)[C@H]4CC=C5[C@@H]6[C@@H](C)[C@H](C)CC[C@]6(C(=O)OCc6ccccc6)CC[C@@]5(C)[C@]4(C)CC[C@H]3C2(C)C)cc1. The molecular formula is C45H58O4. The van der Waals surface area contributed by atoms with E-state index in [0.29, 0.717) is 35.8 Å². The summed E-state index contributed by atoms with van der Waals surface area (Å²) in [6, 6.07) is 18.2. The summed E-state index contributed by atoms with van der Waals surface area (Å²) in [6.45, 7) is 18.0. The standard InChI is InChI=1S/C45H58O4/c1-29-20-25-45(40(47)49-28-31-12-10-9-11-13-31)27-26-43(6)35(38(45)30(29)2)18-19-37-42(5)23-21-34(32-14-16-33(17-15-32)39(46)48-8)41(3,4)36(42)22-24-44(37,43)7/h9-18,21,29-30,36-38H,19-20,22-28H2,1-8H3/t29-,30+,36+,37-,38+,42+,43-,44-,45+/m1/s1. The number of carbonyl (C=O) groups is 2. The maximum absolute atomic E-state index is 14.4. The summed E-state index contributed by atoms with van der Waals surface area (Å²) >= 11 is 0. The Morgan fingerprint density at radius 1 is 0.816 bits per heavy atom. The summed E-state index contributed by atoms with van der Waals surface area (Å²) in [5.41, 5.74) is 5.84. The minimum absolute atomic E-state index is 0.00353. The van der Waals surface area contributed by atoms with Crippen LogP contribution < -0.4 is 0 Å². The lowest BCUT2D eigenvalue weighted by molar-refractivity contribution is -0.184. The molecule has 0 aromatic heterocycles. The molecule has 0 unspecified atom stereocenters. The van der Waals surface area contributed by atoms with Gasteiger partial charge in [-0.25, -0.2) is 4.79 Å². The first-order chi connectivity index (χ1) is 23.2. The zero-order valence-electron chi connectivity index (χ0n) is 31.2. The van der Waals surface area contributed by atoms with Gasteiger partial charge in [0.05, 0.1) is 18.1 Å². The molecule has 7 rings (SSSR count). The van der Waals surface area contributed by atoms with Crippen LogP contribution in [0.25, 0.3) is 5.57 Å². The van der Waals surface area contributed by atoms with Crippen molar-refractivity contribution in [3.63, 3.8) is 0 Å². The molecule has 3 fully saturated rings. The van der Waals surface area contributed by atoms with Crippen molar-refractivity contribution >= 4 is 17.5 Å². The number of esters is 2. The number of fused-ring (bicyclic) bond motifs is 7. The van der Waals surface area contributed by atoms with Crippen molar-refractivity contribution in [1.29, 1.82) is 0 Å². The third-order valence-electron chi connectivity index (χ3n) is 15.8. The molecule has 49 heavy (non-hydrogen) atoms. The van der Waals surface area contributed by atoms with Crippen LogP contribution in [-0.4, -0.2) is 19.0 Å². The topological polar surface area (TPSA) is 52.6 Å². The van der Waals surface area contributed by atoms with Gasteiger partial charge < -0.3 is 9.47 Å². The molecule has 0 saturated heterocycles. The van der Waals surface area contributed by atoms with Crippen LogP contribution in [0, 0.1) is 56.7 Å². The lowest BCUT2D eigenvalue weighted by atomic mass is 9.33. The maximum Gasteiger partial charge on any atom is 0.337 e. The van der Waals surface area contributed by atoms with Gasteiger partial charge in [0, 0.05) is 0 Å². The Morgan fingerprint density at radius 3 is 2.22 bits per heavy atom. The number of ether oxygens (including phenoxy) is 2. The normalized spacial score (nSPS) is 39.1. The Balaban J connectivity index is 1.22. The van der Waals surface area contributed by atoms with E-state index in [9.17, 15) is 9.59 Å². The molecule has 5 aliphatic rings. The molecule has 4 heteroatoms. The van der Waals surface area contributed by atoms with Crippen molar-refractivity contribution < 1.29 is 19.1 Å². The molecule has 0 spiro atoms. The van der Waals surface area contributed by atoms with Gasteiger partial charge in [-0.3, -0.25) is 4.79 Å². The van der Waals surface area contributed by atoms with Crippen molar-refractivity contribution in [3.8, 4) is 0 Å². The van der Waals surface area contributed by atoms with E-state index < -0.39 is 5.41 Å². The average molecular weight is 663 g/mol. The highest BCUT2D eigenvalue weighted by molar-refractivity contribution is 5.90. The van der Waals surface area contributed by atoms with Crippen LogP contribution in [0.3, 0.4) is 0 Å². The van der Waals surface area contributed by atoms with Crippen LogP contribution in [0.5, 0.6) is 0 Å². The van der Waals surface area contributed by atoms with Gasteiger partial charge in [-0.1, -0.05) is 109 Å². The first-order valence-corrected chi connectivity index (χ1v) is 19.0. The average Bonchev–Trinajstić information content (AvgIpc) is 3.09. The molecular weight excluding hydrogens is 604 g/mol. The zero-order chi connectivity index (χ0) is 35.0. The number of methoxy groups -OCH3 is 1. The minimum atomic E-state index is -0.426. The second kappa shape index (κ2) is 12.0. The highest BCUT2D eigenvalue weighted by Crippen LogP contribution is 2.76. The quantitative estimate of drug-likeness (QED) is 0.236. The molecule has 0 amide bonds. The van der Waals surface area contributed by atoms with Crippen molar-refractivity contribution in [2.75, 3.05) is 7.11 Å². The molecule has 9 atom stereocenters. The third kappa shape index (κ3) is 4.96. The van der Waals surface area contributed by atoms with E-state index >= 15 is 0 Å². The Bertz CT molecular complexity index is 1670. The molecule has 5 aliphatic carbocycles. The van der Waals surface area contributed by atoms with Crippen LogP contribution in [0.4, 0.5) is 0 Å². The smallest absolute Gasteiger partial charge is 0.337 e. The highest BCUT2D eigenvalue weighted by Gasteiger charge is 2.69. The summed E-state index contributed by atoms with van der Waals surface area (Å²) in [7, 11) is 1.44. The van der Waals surface area contributed by atoms with Gasteiger partial charge in [0.25, 0.3) is 0 Å². The first kappa shape index (κ1) is 34.3. The van der Waals surface area contributed by atoms with Gasteiger partial charge in [-0.05, 0) is 131 Å². The molecule has 2 aromatic rings. The molecule has 262 valence electrons. The van der Waals surface area contributed by atoms with Gasteiger partial charge in [0.1, 0.15) is 6.61 Å². The minimum Gasteiger partial charge on any atom is -0.465 e. The largest absolute Gasteiger partial charge is 0.465 e. The van der Waals surface area contributed by atoms with Crippen molar-refractivity contribution in [1.82, 2.24) is 0 Å². The lowest BCUT2D eigenvalue weighted by Gasteiger charge is -2.70. The van der Waals surface area contributed by atoms with Crippen LogP contribution in [0.15, 0.2) is 72.3 Å². The second-order valence-corrected chi connectivity index (χ2v) is 18.0. The van der Waals surface area contributed by atoms with Gasteiger partial charge in [0.2, 0.25) is 0 Å². The maximum atomic E-state index is 14.4. The van der Waals surface area contributed by atoms with E-state index in [1.807, 2.05) is 30.3 Å². The van der Waals surface area contributed by atoms with Gasteiger partial charge in [-0.2, -0.15) is 0 Å². The van der Waals surface area contributed by atoms with Crippen LogP contribution in [0.2, 0.25) is 0 Å². The summed E-state index contributed by atoms with van der Waals surface area (Å²) in [4.78, 5) is 26.5. The first-order valence-electron chi connectivity index (χ1n) is 19.0. The zero-order valence-corrected chi connectivity index (χ0v) is 31.2. The van der Waals surface area contributed by atoms with Crippen molar-refractivity contribution in [3.05, 3.63) is 89.0 Å². The number of hydrogen-bond acceptors (Lipinski definition) is 4. The van der Waals surface area contributed by atoms with Crippen LogP contribution >= 0.6 is 0 Å². The molecule has 0 aliphatic heterocycles. The fourth-order valence-corrected chi connectivity index (χ4v) is 12.7. The van der Waals surface area contributed by atoms with E-state index in [4.69, 9.17) is 9.47 Å². The fourth-order valence-electron chi connectivity index (χ4n) is 12.7.